The Morgan fingerprint density at radius 3 is 2.62 bits per heavy atom. The van der Waals surface area contributed by atoms with E-state index in [4.69, 9.17) is 4.42 Å². The second kappa shape index (κ2) is 4.62. The Morgan fingerprint density at radius 1 is 1.38 bits per heavy atom. The highest BCUT2D eigenvalue weighted by Gasteiger charge is 2.28. The van der Waals surface area contributed by atoms with E-state index in [0.717, 1.165) is 24.0 Å². The summed E-state index contributed by atoms with van der Waals surface area (Å²) in [6, 6.07) is 4.10. The minimum absolute atomic E-state index is 0.313. The van der Waals surface area contributed by atoms with Gasteiger partial charge in [0.25, 0.3) is 0 Å². The molecule has 0 aliphatic heterocycles. The topological polar surface area (TPSA) is 25.2 Å². The molecule has 1 saturated carbocycles. The largest absolute Gasteiger partial charge is 0.465 e. The normalized spacial score (nSPS) is 30.6. The van der Waals surface area contributed by atoms with E-state index in [1.807, 2.05) is 13.0 Å². The average Bonchev–Trinajstić information content (AvgIpc) is 2.67. The van der Waals surface area contributed by atoms with E-state index in [1.165, 1.54) is 25.7 Å². The second-order valence-electron chi connectivity index (χ2n) is 5.61. The fourth-order valence-electron chi connectivity index (χ4n) is 2.46. The fourth-order valence-corrected chi connectivity index (χ4v) is 2.46. The summed E-state index contributed by atoms with van der Waals surface area (Å²) in [6.45, 7) is 7.55. The van der Waals surface area contributed by atoms with Gasteiger partial charge in [0, 0.05) is 5.54 Å². The van der Waals surface area contributed by atoms with E-state index in [1.54, 1.807) is 0 Å². The van der Waals surface area contributed by atoms with Crippen molar-refractivity contribution in [2.75, 3.05) is 0 Å². The molecule has 16 heavy (non-hydrogen) atoms. The smallest absolute Gasteiger partial charge is 0.117 e. The molecule has 1 aliphatic carbocycles. The standard InChI is InChI=1S/C14H23NO/c1-11-6-8-14(3,9-7-11)15-10-13-5-4-12(2)16-13/h4-5,11,15H,6-10H2,1-3H3. The third-order valence-corrected chi connectivity index (χ3v) is 3.86. The molecule has 2 nitrogen and oxygen atoms in total. The lowest BCUT2D eigenvalue weighted by molar-refractivity contribution is 0.208. The van der Waals surface area contributed by atoms with Crippen LogP contribution in [0.1, 0.15) is 51.1 Å². The Labute approximate surface area is 98.4 Å². The third kappa shape index (κ3) is 2.88. The molecule has 1 heterocycles. The fraction of sp³-hybridized carbons (Fsp3) is 0.714. The van der Waals surface area contributed by atoms with E-state index in [2.05, 4.69) is 25.2 Å². The van der Waals surface area contributed by atoms with Crippen LogP contribution in [0.2, 0.25) is 0 Å². The lowest BCUT2D eigenvalue weighted by Gasteiger charge is -2.37. The highest BCUT2D eigenvalue weighted by atomic mass is 16.3. The van der Waals surface area contributed by atoms with Crippen LogP contribution in [0.4, 0.5) is 0 Å². The van der Waals surface area contributed by atoms with Gasteiger partial charge in [-0.25, -0.2) is 0 Å². The molecule has 1 fully saturated rings. The number of furan rings is 1. The first-order chi connectivity index (χ1) is 7.57. The zero-order valence-electron chi connectivity index (χ0n) is 10.7. The molecule has 0 aromatic carbocycles. The van der Waals surface area contributed by atoms with Gasteiger partial charge >= 0.3 is 0 Å². The highest BCUT2D eigenvalue weighted by molar-refractivity contribution is 5.06. The van der Waals surface area contributed by atoms with Crippen molar-refractivity contribution < 1.29 is 4.42 Å². The molecular weight excluding hydrogens is 198 g/mol. The molecule has 2 rings (SSSR count). The summed E-state index contributed by atoms with van der Waals surface area (Å²) >= 11 is 0. The third-order valence-electron chi connectivity index (χ3n) is 3.86. The van der Waals surface area contributed by atoms with Crippen LogP contribution in [0.25, 0.3) is 0 Å². The van der Waals surface area contributed by atoms with Gasteiger partial charge in [0.2, 0.25) is 0 Å². The first-order valence-electron chi connectivity index (χ1n) is 6.38. The minimum Gasteiger partial charge on any atom is -0.465 e. The van der Waals surface area contributed by atoms with Crippen LogP contribution in [0.15, 0.2) is 16.5 Å². The Hall–Kier alpha value is -0.760. The zero-order valence-corrected chi connectivity index (χ0v) is 10.7. The van der Waals surface area contributed by atoms with E-state index < -0.39 is 0 Å². The van der Waals surface area contributed by atoms with Crippen molar-refractivity contribution in [3.8, 4) is 0 Å². The van der Waals surface area contributed by atoms with Crippen LogP contribution in [0.5, 0.6) is 0 Å². The first kappa shape index (κ1) is 11.7. The van der Waals surface area contributed by atoms with Crippen molar-refractivity contribution in [1.29, 1.82) is 0 Å². The molecule has 1 aromatic rings. The van der Waals surface area contributed by atoms with Crippen LogP contribution in [-0.4, -0.2) is 5.54 Å². The summed E-state index contributed by atoms with van der Waals surface area (Å²) in [5.74, 6) is 2.96. The van der Waals surface area contributed by atoms with Crippen molar-refractivity contribution in [3.63, 3.8) is 0 Å². The number of nitrogens with one attached hydrogen (secondary N) is 1. The molecule has 2 heteroatoms. The predicted octanol–water partition coefficient (Wildman–Crippen LogP) is 3.65. The summed E-state index contributed by atoms with van der Waals surface area (Å²) < 4.78 is 5.58. The molecule has 0 bridgehead atoms. The van der Waals surface area contributed by atoms with Gasteiger partial charge in [0.15, 0.2) is 0 Å². The zero-order chi connectivity index (χ0) is 11.6. The number of aryl methyl sites for hydroxylation is 1. The van der Waals surface area contributed by atoms with E-state index in [9.17, 15) is 0 Å². The lowest BCUT2D eigenvalue weighted by Crippen LogP contribution is -2.44. The minimum atomic E-state index is 0.313. The van der Waals surface area contributed by atoms with Crippen LogP contribution < -0.4 is 5.32 Å². The van der Waals surface area contributed by atoms with Crippen molar-refractivity contribution in [2.45, 2.75) is 58.5 Å². The van der Waals surface area contributed by atoms with Gasteiger partial charge in [-0.05, 0) is 57.6 Å². The average molecular weight is 221 g/mol. The maximum absolute atomic E-state index is 5.58. The SMILES string of the molecule is Cc1ccc(CNC2(C)CCC(C)CC2)o1. The molecule has 1 N–H and O–H groups in total. The van der Waals surface area contributed by atoms with Gasteiger partial charge < -0.3 is 9.73 Å². The molecule has 0 spiro atoms. The van der Waals surface area contributed by atoms with Crippen molar-refractivity contribution in [1.82, 2.24) is 5.32 Å². The molecule has 0 saturated heterocycles. The molecular formula is C14H23NO. The molecule has 1 aromatic heterocycles. The Bertz CT molecular complexity index is 334. The second-order valence-corrected chi connectivity index (χ2v) is 5.61. The van der Waals surface area contributed by atoms with Crippen LogP contribution in [-0.2, 0) is 6.54 Å². The molecule has 0 amide bonds. The highest BCUT2D eigenvalue weighted by Crippen LogP contribution is 2.31. The van der Waals surface area contributed by atoms with E-state index in [-0.39, 0.29) is 0 Å². The Kier molecular flexibility index (Phi) is 3.38. The van der Waals surface area contributed by atoms with Gasteiger partial charge in [-0.2, -0.15) is 0 Å². The quantitative estimate of drug-likeness (QED) is 0.843. The maximum Gasteiger partial charge on any atom is 0.117 e. The molecule has 90 valence electrons. The molecule has 0 atom stereocenters. The van der Waals surface area contributed by atoms with Crippen LogP contribution >= 0.6 is 0 Å². The van der Waals surface area contributed by atoms with Gasteiger partial charge in [-0.15, -0.1) is 0 Å². The van der Waals surface area contributed by atoms with Crippen molar-refractivity contribution in [3.05, 3.63) is 23.7 Å². The summed E-state index contributed by atoms with van der Waals surface area (Å²) in [6.07, 6.45) is 5.27. The van der Waals surface area contributed by atoms with Gasteiger partial charge in [-0.3, -0.25) is 0 Å². The Balaban J connectivity index is 1.85. The van der Waals surface area contributed by atoms with Gasteiger partial charge in [-0.1, -0.05) is 6.92 Å². The Morgan fingerprint density at radius 2 is 2.06 bits per heavy atom. The number of hydrogen-bond donors (Lipinski definition) is 1. The molecule has 0 unspecified atom stereocenters. The lowest BCUT2D eigenvalue weighted by atomic mass is 9.78. The molecule has 0 radical (unpaired) electrons. The summed E-state index contributed by atoms with van der Waals surface area (Å²) in [5.41, 5.74) is 0.313. The summed E-state index contributed by atoms with van der Waals surface area (Å²) in [5, 5.41) is 3.65. The monoisotopic (exact) mass is 221 g/mol. The van der Waals surface area contributed by atoms with Crippen molar-refractivity contribution >= 4 is 0 Å². The van der Waals surface area contributed by atoms with Gasteiger partial charge in [0.05, 0.1) is 6.54 Å². The summed E-state index contributed by atoms with van der Waals surface area (Å²) in [7, 11) is 0. The van der Waals surface area contributed by atoms with Crippen molar-refractivity contribution in [2.24, 2.45) is 5.92 Å². The number of hydrogen-bond acceptors (Lipinski definition) is 2. The molecule has 1 aliphatic rings. The number of rotatable bonds is 3. The van der Waals surface area contributed by atoms with E-state index >= 15 is 0 Å². The predicted molar refractivity (Wildman–Crippen MR) is 66.3 cm³/mol. The maximum atomic E-state index is 5.58. The van der Waals surface area contributed by atoms with Crippen LogP contribution in [0.3, 0.4) is 0 Å². The summed E-state index contributed by atoms with van der Waals surface area (Å²) in [4.78, 5) is 0. The first-order valence-corrected chi connectivity index (χ1v) is 6.38. The van der Waals surface area contributed by atoms with Gasteiger partial charge in [0.1, 0.15) is 11.5 Å². The van der Waals surface area contributed by atoms with Crippen LogP contribution in [0, 0.1) is 12.8 Å². The van der Waals surface area contributed by atoms with E-state index in [0.29, 0.717) is 5.54 Å².